The van der Waals surface area contributed by atoms with Crippen molar-refractivity contribution in [3.05, 3.63) is 0 Å². The Morgan fingerprint density at radius 1 is 1.40 bits per heavy atom. The zero-order valence-corrected chi connectivity index (χ0v) is 9.01. The van der Waals surface area contributed by atoms with Gasteiger partial charge in [-0.15, -0.1) is 0 Å². The average molecular weight is 231 g/mol. The van der Waals surface area contributed by atoms with Crippen molar-refractivity contribution in [2.45, 2.75) is 0 Å². The molecule has 1 rings (SSSR count). The summed E-state index contributed by atoms with van der Waals surface area (Å²) < 4.78 is 5.06. The lowest BCUT2D eigenvalue weighted by Crippen LogP contribution is -2.49. The van der Waals surface area contributed by atoms with Gasteiger partial charge >= 0.3 is 11.8 Å². The normalized spacial score (nSPS) is 15.9. The third kappa shape index (κ3) is 3.80. The van der Waals surface area contributed by atoms with Gasteiger partial charge in [0.05, 0.1) is 24.7 Å². The van der Waals surface area contributed by atoms with E-state index < -0.39 is 11.8 Å². The molecule has 15 heavy (non-hydrogen) atoms. The van der Waals surface area contributed by atoms with Crippen LogP contribution < -0.4 is 11.1 Å². The van der Waals surface area contributed by atoms with Gasteiger partial charge in [0.15, 0.2) is 0 Å². The molecular formula is C8H13N3O3S. The first kappa shape index (κ1) is 11.9. The molecule has 3 N–H and O–H groups in total. The van der Waals surface area contributed by atoms with E-state index in [1.165, 1.54) is 4.90 Å². The largest absolute Gasteiger partial charge is 0.392 e. The molecule has 0 radical (unpaired) electrons. The number of ether oxygens (including phenoxy) is 1. The minimum atomic E-state index is -0.676. The van der Waals surface area contributed by atoms with E-state index in [1.807, 2.05) is 0 Å². The number of morpholine rings is 1. The van der Waals surface area contributed by atoms with Crippen molar-refractivity contribution in [2.24, 2.45) is 5.73 Å². The molecule has 84 valence electrons. The quantitative estimate of drug-likeness (QED) is 0.435. The van der Waals surface area contributed by atoms with E-state index in [1.54, 1.807) is 0 Å². The molecule has 0 aromatic carbocycles. The molecule has 1 aliphatic heterocycles. The number of hydrogen-bond acceptors (Lipinski definition) is 4. The second-order valence-corrected chi connectivity index (χ2v) is 3.58. The molecule has 1 heterocycles. The Hall–Kier alpha value is -1.21. The van der Waals surface area contributed by atoms with Gasteiger partial charge in [-0.2, -0.15) is 0 Å². The monoisotopic (exact) mass is 231 g/mol. The van der Waals surface area contributed by atoms with Gasteiger partial charge in [0, 0.05) is 13.1 Å². The van der Waals surface area contributed by atoms with Crippen molar-refractivity contribution < 1.29 is 14.3 Å². The second-order valence-electron chi connectivity index (χ2n) is 3.05. The van der Waals surface area contributed by atoms with Crippen LogP contribution in [0, 0.1) is 0 Å². The summed E-state index contributed by atoms with van der Waals surface area (Å²) in [7, 11) is 0. The Bertz CT molecular complexity index is 276. The molecule has 1 saturated heterocycles. The van der Waals surface area contributed by atoms with Crippen LogP contribution in [-0.4, -0.2) is 54.6 Å². The van der Waals surface area contributed by atoms with Gasteiger partial charge in [0.1, 0.15) is 0 Å². The number of carbonyl (C=O) groups is 2. The number of amides is 2. The van der Waals surface area contributed by atoms with Crippen molar-refractivity contribution in [1.29, 1.82) is 0 Å². The molecular weight excluding hydrogens is 218 g/mol. The van der Waals surface area contributed by atoms with Gasteiger partial charge in [-0.3, -0.25) is 9.59 Å². The van der Waals surface area contributed by atoms with Crippen molar-refractivity contribution >= 4 is 29.0 Å². The van der Waals surface area contributed by atoms with Crippen molar-refractivity contribution in [3.8, 4) is 0 Å². The lowest BCUT2D eigenvalue weighted by atomic mass is 10.4. The molecule has 0 spiro atoms. The van der Waals surface area contributed by atoms with Crippen LogP contribution in [0.1, 0.15) is 0 Å². The first-order chi connectivity index (χ1) is 7.11. The molecule has 1 fully saturated rings. The van der Waals surface area contributed by atoms with Crippen LogP contribution in [0.2, 0.25) is 0 Å². The topological polar surface area (TPSA) is 84.7 Å². The highest BCUT2D eigenvalue weighted by molar-refractivity contribution is 7.80. The van der Waals surface area contributed by atoms with E-state index in [9.17, 15) is 9.59 Å². The number of hydrogen-bond donors (Lipinski definition) is 2. The SMILES string of the molecule is NC(=S)CNC(=O)C(=O)N1CCOCC1. The van der Waals surface area contributed by atoms with Crippen LogP contribution in [0.15, 0.2) is 0 Å². The molecule has 0 bridgehead atoms. The Morgan fingerprint density at radius 2 is 2.00 bits per heavy atom. The molecule has 6 nitrogen and oxygen atoms in total. The Balaban J connectivity index is 2.37. The third-order valence-corrected chi connectivity index (χ3v) is 2.06. The third-order valence-electron chi connectivity index (χ3n) is 1.92. The predicted molar refractivity (Wildman–Crippen MR) is 57.2 cm³/mol. The fraction of sp³-hybridized carbons (Fsp3) is 0.625. The van der Waals surface area contributed by atoms with Gasteiger partial charge < -0.3 is 20.7 Å². The summed E-state index contributed by atoms with van der Waals surface area (Å²) >= 11 is 4.58. The summed E-state index contributed by atoms with van der Waals surface area (Å²) in [6, 6.07) is 0. The molecule has 0 aromatic rings. The Labute approximate surface area is 92.7 Å². The molecule has 1 aliphatic rings. The number of thiocarbonyl (C=S) groups is 1. The van der Waals surface area contributed by atoms with Crippen molar-refractivity contribution in [2.75, 3.05) is 32.8 Å². The van der Waals surface area contributed by atoms with Crippen LogP contribution in [0.4, 0.5) is 0 Å². The van der Waals surface area contributed by atoms with Crippen molar-refractivity contribution in [3.63, 3.8) is 0 Å². The Kier molecular flexibility index (Phi) is 4.44. The highest BCUT2D eigenvalue weighted by Gasteiger charge is 2.23. The van der Waals surface area contributed by atoms with Gasteiger partial charge in [0.25, 0.3) is 0 Å². The van der Waals surface area contributed by atoms with Crippen LogP contribution in [0.5, 0.6) is 0 Å². The first-order valence-corrected chi connectivity index (χ1v) is 4.95. The molecule has 0 atom stereocenters. The smallest absolute Gasteiger partial charge is 0.312 e. The fourth-order valence-corrected chi connectivity index (χ4v) is 1.23. The number of nitrogens with two attached hydrogens (primary N) is 1. The van der Waals surface area contributed by atoms with E-state index in [-0.39, 0.29) is 11.5 Å². The molecule has 0 aliphatic carbocycles. The van der Waals surface area contributed by atoms with E-state index >= 15 is 0 Å². The predicted octanol–water partition coefficient (Wildman–Crippen LogP) is -1.75. The van der Waals surface area contributed by atoms with E-state index in [2.05, 4.69) is 17.5 Å². The maximum Gasteiger partial charge on any atom is 0.312 e. The van der Waals surface area contributed by atoms with Crippen LogP contribution >= 0.6 is 12.2 Å². The average Bonchev–Trinajstić information content (AvgIpc) is 2.26. The maximum absolute atomic E-state index is 11.5. The number of carbonyl (C=O) groups excluding carboxylic acids is 2. The zero-order valence-electron chi connectivity index (χ0n) is 8.19. The minimum Gasteiger partial charge on any atom is -0.392 e. The molecule has 0 saturated carbocycles. The summed E-state index contributed by atoms with van der Waals surface area (Å²) in [6.45, 7) is 1.87. The number of nitrogens with one attached hydrogen (secondary N) is 1. The van der Waals surface area contributed by atoms with E-state index in [0.717, 1.165) is 0 Å². The summed E-state index contributed by atoms with van der Waals surface area (Å²) in [4.78, 5) is 24.4. The molecule has 7 heteroatoms. The van der Waals surface area contributed by atoms with Gasteiger partial charge in [-0.05, 0) is 0 Å². The summed E-state index contributed by atoms with van der Waals surface area (Å²) in [6.07, 6.45) is 0. The lowest BCUT2D eigenvalue weighted by molar-refractivity contribution is -0.148. The molecule has 0 unspecified atom stereocenters. The van der Waals surface area contributed by atoms with Gasteiger partial charge in [0.2, 0.25) is 0 Å². The van der Waals surface area contributed by atoms with E-state index in [4.69, 9.17) is 10.5 Å². The Morgan fingerprint density at radius 3 is 2.53 bits per heavy atom. The number of rotatable bonds is 2. The zero-order chi connectivity index (χ0) is 11.3. The van der Waals surface area contributed by atoms with Gasteiger partial charge in [-0.1, -0.05) is 12.2 Å². The first-order valence-electron chi connectivity index (χ1n) is 4.54. The van der Waals surface area contributed by atoms with E-state index in [0.29, 0.717) is 26.3 Å². The van der Waals surface area contributed by atoms with Crippen LogP contribution in [0.3, 0.4) is 0 Å². The fourth-order valence-electron chi connectivity index (χ4n) is 1.15. The van der Waals surface area contributed by atoms with Crippen LogP contribution in [0.25, 0.3) is 0 Å². The summed E-state index contributed by atoms with van der Waals surface area (Å²) in [5.41, 5.74) is 5.19. The second kappa shape index (κ2) is 5.62. The highest BCUT2D eigenvalue weighted by Crippen LogP contribution is 1.97. The standard InChI is InChI=1S/C8H13N3O3S/c9-6(15)5-10-7(12)8(13)11-1-3-14-4-2-11/h1-5H2,(H2,9,15)(H,10,12). The number of nitrogens with zero attached hydrogens (tertiary/aromatic N) is 1. The highest BCUT2D eigenvalue weighted by atomic mass is 32.1. The minimum absolute atomic E-state index is 0.0459. The molecule has 2 amide bonds. The van der Waals surface area contributed by atoms with Crippen molar-refractivity contribution in [1.82, 2.24) is 10.2 Å². The van der Waals surface area contributed by atoms with Crippen LogP contribution in [-0.2, 0) is 14.3 Å². The summed E-state index contributed by atoms with van der Waals surface area (Å²) in [5.74, 6) is -1.24. The maximum atomic E-state index is 11.5. The van der Waals surface area contributed by atoms with Gasteiger partial charge in [-0.25, -0.2) is 0 Å². The molecule has 0 aromatic heterocycles. The lowest BCUT2D eigenvalue weighted by Gasteiger charge is -2.25. The summed E-state index contributed by atoms with van der Waals surface area (Å²) in [5, 5.41) is 2.34.